The van der Waals surface area contributed by atoms with Crippen molar-refractivity contribution in [3.63, 3.8) is 0 Å². The summed E-state index contributed by atoms with van der Waals surface area (Å²) in [6, 6.07) is 0. The molecule has 0 aromatic heterocycles. The first-order chi connectivity index (χ1) is 7.41. The molecule has 3 atom stereocenters. The van der Waals surface area contributed by atoms with Gasteiger partial charge in [0, 0.05) is 0 Å². The zero-order valence-corrected chi connectivity index (χ0v) is 8.49. The fourth-order valence-electron chi connectivity index (χ4n) is 2.63. The van der Waals surface area contributed by atoms with Crippen molar-refractivity contribution >= 4 is 11.9 Å². The van der Waals surface area contributed by atoms with Crippen molar-refractivity contribution in [3.05, 3.63) is 0 Å². The summed E-state index contributed by atoms with van der Waals surface area (Å²) in [4.78, 5) is 21.1. The monoisotopic (exact) mass is 234 g/mol. The molecular formula is C10H12F2O4. The normalized spacial score (nSPS) is 32.8. The molecule has 2 saturated carbocycles. The molecule has 2 rings (SSSR count). The van der Waals surface area contributed by atoms with Crippen molar-refractivity contribution in [2.45, 2.75) is 37.7 Å². The Kier molecular flexibility index (Phi) is 2.59. The minimum atomic E-state index is -4.43. The highest BCUT2D eigenvalue weighted by molar-refractivity contribution is 6.00. The summed E-state index contributed by atoms with van der Waals surface area (Å²) in [6.07, 6.45) is 2.90. The molecule has 0 amide bonds. The van der Waals surface area contributed by atoms with Gasteiger partial charge in [-0.2, -0.15) is 8.78 Å². The van der Waals surface area contributed by atoms with Gasteiger partial charge in [0.05, 0.1) is 0 Å². The number of esters is 1. The van der Waals surface area contributed by atoms with E-state index in [2.05, 4.69) is 4.74 Å². The van der Waals surface area contributed by atoms with E-state index in [1.165, 1.54) is 0 Å². The number of halogens is 2. The van der Waals surface area contributed by atoms with Crippen molar-refractivity contribution in [2.24, 2.45) is 11.8 Å². The van der Waals surface area contributed by atoms with Crippen LogP contribution in [0.5, 0.6) is 0 Å². The smallest absolute Gasteiger partial charge is 0.437 e. The SMILES string of the molecule is O=C(O)C(F)(F)C(=O)OC1CC2CCC1C2. The maximum absolute atomic E-state index is 12.8. The number of carboxylic acids is 1. The van der Waals surface area contributed by atoms with Gasteiger partial charge in [0.2, 0.25) is 0 Å². The second-order valence-electron chi connectivity index (χ2n) is 4.50. The highest BCUT2D eigenvalue weighted by atomic mass is 19.3. The van der Waals surface area contributed by atoms with Gasteiger partial charge in [0.1, 0.15) is 6.10 Å². The third-order valence-electron chi connectivity index (χ3n) is 3.46. The largest absolute Gasteiger partial charge is 0.476 e. The molecule has 0 radical (unpaired) electrons. The number of ether oxygens (including phenoxy) is 1. The molecule has 1 N–H and O–H groups in total. The molecule has 90 valence electrons. The van der Waals surface area contributed by atoms with Gasteiger partial charge in [0.25, 0.3) is 0 Å². The lowest BCUT2D eigenvalue weighted by atomic mass is 9.98. The van der Waals surface area contributed by atoms with E-state index in [-0.39, 0.29) is 5.92 Å². The van der Waals surface area contributed by atoms with Gasteiger partial charge in [-0.1, -0.05) is 0 Å². The van der Waals surface area contributed by atoms with Crippen LogP contribution >= 0.6 is 0 Å². The second-order valence-corrected chi connectivity index (χ2v) is 4.50. The lowest BCUT2D eigenvalue weighted by Crippen LogP contribution is -2.41. The Morgan fingerprint density at radius 3 is 2.38 bits per heavy atom. The van der Waals surface area contributed by atoms with Crippen LogP contribution in [-0.2, 0) is 14.3 Å². The number of alkyl halides is 2. The Hall–Kier alpha value is -1.20. The lowest BCUT2D eigenvalue weighted by molar-refractivity contribution is -0.192. The number of hydrogen-bond acceptors (Lipinski definition) is 3. The number of carboxylic acid groups (broad SMARTS) is 1. The molecule has 2 fully saturated rings. The van der Waals surface area contributed by atoms with Gasteiger partial charge in [-0.15, -0.1) is 0 Å². The molecule has 2 aliphatic carbocycles. The van der Waals surface area contributed by atoms with E-state index >= 15 is 0 Å². The predicted molar refractivity (Wildman–Crippen MR) is 47.9 cm³/mol. The second kappa shape index (κ2) is 3.68. The highest BCUT2D eigenvalue weighted by Gasteiger charge is 2.52. The molecule has 0 spiro atoms. The van der Waals surface area contributed by atoms with Crippen molar-refractivity contribution in [2.75, 3.05) is 0 Å². The summed E-state index contributed by atoms with van der Waals surface area (Å²) in [6.45, 7) is 0. The highest BCUT2D eigenvalue weighted by Crippen LogP contribution is 2.46. The van der Waals surface area contributed by atoms with Crippen LogP contribution in [0.25, 0.3) is 0 Å². The van der Waals surface area contributed by atoms with Crippen LogP contribution in [0.15, 0.2) is 0 Å². The number of rotatable bonds is 3. The van der Waals surface area contributed by atoms with Crippen molar-refractivity contribution < 1.29 is 28.2 Å². The minimum Gasteiger partial charge on any atom is -0.476 e. The Bertz CT molecular complexity index is 329. The van der Waals surface area contributed by atoms with Crippen LogP contribution in [0.4, 0.5) is 8.78 Å². The van der Waals surface area contributed by atoms with E-state index in [0.29, 0.717) is 12.3 Å². The van der Waals surface area contributed by atoms with E-state index in [1.807, 2.05) is 0 Å². The molecule has 0 aromatic carbocycles. The van der Waals surface area contributed by atoms with E-state index < -0.39 is 24.0 Å². The van der Waals surface area contributed by atoms with Crippen LogP contribution in [0.3, 0.4) is 0 Å². The van der Waals surface area contributed by atoms with E-state index in [9.17, 15) is 18.4 Å². The zero-order valence-electron chi connectivity index (χ0n) is 8.49. The molecule has 16 heavy (non-hydrogen) atoms. The first-order valence-electron chi connectivity index (χ1n) is 5.23. The molecule has 0 heterocycles. The average molecular weight is 234 g/mol. The first kappa shape index (κ1) is 11.3. The Labute approximate surface area is 90.6 Å². The summed E-state index contributed by atoms with van der Waals surface area (Å²) in [7, 11) is 0. The van der Waals surface area contributed by atoms with Crippen LogP contribution in [0.1, 0.15) is 25.7 Å². The summed E-state index contributed by atoms with van der Waals surface area (Å²) in [5, 5.41) is 8.17. The molecular weight excluding hydrogens is 222 g/mol. The van der Waals surface area contributed by atoms with Gasteiger partial charge in [-0.3, -0.25) is 0 Å². The Balaban J connectivity index is 1.95. The maximum Gasteiger partial charge on any atom is 0.437 e. The quantitative estimate of drug-likeness (QED) is 0.592. The Morgan fingerprint density at radius 2 is 1.94 bits per heavy atom. The average Bonchev–Trinajstić information content (AvgIpc) is 2.78. The summed E-state index contributed by atoms with van der Waals surface area (Å²) in [5.74, 6) is -8.24. The standard InChI is InChI=1S/C10H12F2O4/c11-10(12,8(13)14)9(15)16-7-4-5-1-2-6(7)3-5/h5-7H,1-4H2,(H,13,14). The third kappa shape index (κ3) is 1.76. The molecule has 0 aliphatic heterocycles. The fourth-order valence-corrected chi connectivity index (χ4v) is 2.63. The van der Waals surface area contributed by atoms with Crippen LogP contribution < -0.4 is 0 Å². The van der Waals surface area contributed by atoms with Gasteiger partial charge in [-0.25, -0.2) is 9.59 Å². The lowest BCUT2D eigenvalue weighted by Gasteiger charge is -2.23. The first-order valence-corrected chi connectivity index (χ1v) is 5.23. The van der Waals surface area contributed by atoms with Gasteiger partial charge >= 0.3 is 17.9 Å². The number of carbonyl (C=O) groups excluding carboxylic acids is 1. The maximum atomic E-state index is 12.8. The molecule has 3 unspecified atom stereocenters. The summed E-state index contributed by atoms with van der Waals surface area (Å²) in [5.41, 5.74) is 0. The Morgan fingerprint density at radius 1 is 1.25 bits per heavy atom. The van der Waals surface area contributed by atoms with Gasteiger partial charge in [0.15, 0.2) is 0 Å². The van der Waals surface area contributed by atoms with E-state index in [1.54, 1.807) is 0 Å². The fraction of sp³-hybridized carbons (Fsp3) is 0.800. The zero-order chi connectivity index (χ0) is 11.9. The topological polar surface area (TPSA) is 63.6 Å². The van der Waals surface area contributed by atoms with E-state index in [0.717, 1.165) is 19.3 Å². The summed E-state index contributed by atoms with van der Waals surface area (Å²) < 4.78 is 30.1. The summed E-state index contributed by atoms with van der Waals surface area (Å²) >= 11 is 0. The van der Waals surface area contributed by atoms with Gasteiger partial charge in [-0.05, 0) is 37.5 Å². The van der Waals surface area contributed by atoms with Crippen LogP contribution in [-0.4, -0.2) is 29.1 Å². The number of carbonyl (C=O) groups is 2. The minimum absolute atomic E-state index is 0.138. The third-order valence-corrected chi connectivity index (χ3v) is 3.46. The van der Waals surface area contributed by atoms with Crippen LogP contribution in [0, 0.1) is 11.8 Å². The van der Waals surface area contributed by atoms with E-state index in [4.69, 9.17) is 5.11 Å². The molecule has 4 nitrogen and oxygen atoms in total. The van der Waals surface area contributed by atoms with Crippen molar-refractivity contribution in [3.8, 4) is 0 Å². The van der Waals surface area contributed by atoms with Crippen LogP contribution in [0.2, 0.25) is 0 Å². The molecule has 0 saturated heterocycles. The van der Waals surface area contributed by atoms with Crippen molar-refractivity contribution in [1.29, 1.82) is 0 Å². The predicted octanol–water partition coefficient (Wildman–Crippen LogP) is 1.44. The molecule has 2 bridgehead atoms. The van der Waals surface area contributed by atoms with Gasteiger partial charge < -0.3 is 9.84 Å². The van der Waals surface area contributed by atoms with Crippen molar-refractivity contribution in [1.82, 2.24) is 0 Å². The number of fused-ring (bicyclic) bond motifs is 2. The molecule has 6 heteroatoms. The molecule has 2 aliphatic rings. The number of aliphatic carboxylic acids is 1. The number of hydrogen-bond donors (Lipinski definition) is 1. The molecule has 0 aromatic rings.